The van der Waals surface area contributed by atoms with Gasteiger partial charge >= 0.3 is 0 Å². The first-order valence-electron chi connectivity index (χ1n) is 5.58. The van der Waals surface area contributed by atoms with Crippen molar-refractivity contribution >= 4 is 0 Å². The lowest BCUT2D eigenvalue weighted by atomic mass is 9.93. The molecule has 0 aromatic carbocycles. The zero-order chi connectivity index (χ0) is 10.8. The lowest BCUT2D eigenvalue weighted by molar-refractivity contribution is 0.561. The molecule has 1 aromatic heterocycles. The van der Waals surface area contributed by atoms with Crippen LogP contribution in [0.5, 0.6) is 0 Å². The first-order chi connectivity index (χ1) is 6.39. The van der Waals surface area contributed by atoms with Gasteiger partial charge in [0, 0.05) is 18.2 Å². The summed E-state index contributed by atoms with van der Waals surface area (Å²) in [5.41, 5.74) is 2.97. The van der Waals surface area contributed by atoms with Gasteiger partial charge in [0.1, 0.15) is 0 Å². The largest absolute Gasteiger partial charge is 0.362 e. The Labute approximate surface area is 89.4 Å². The van der Waals surface area contributed by atoms with Gasteiger partial charge in [0.2, 0.25) is 0 Å². The molecule has 0 aliphatic carbocycles. The molecule has 1 nitrogen and oxygen atoms in total. The molecule has 1 N–H and O–H groups in total. The van der Waals surface area contributed by atoms with Crippen molar-refractivity contribution in [2.75, 3.05) is 0 Å². The van der Waals surface area contributed by atoms with E-state index in [-0.39, 0.29) is 6.84 Å². The summed E-state index contributed by atoms with van der Waals surface area (Å²) in [6.07, 6.45) is 2.44. The number of aryl methyl sites for hydroxylation is 1. The summed E-state index contributed by atoms with van der Waals surface area (Å²) in [6.45, 7) is 11.3. The number of H-pyrrole nitrogens is 1. The molecule has 0 atom stereocenters. The standard InChI is InChI=1S/C13H23N.H2/c1-10(2)6-7-11-8-9-12(14-11)13(3,4)5;/h8-10,14H,6-7H2,1-5H3;1H. The van der Waals surface area contributed by atoms with Gasteiger partial charge in [-0.3, -0.25) is 0 Å². The van der Waals surface area contributed by atoms with E-state index in [1.807, 2.05) is 0 Å². The third kappa shape index (κ3) is 3.21. The molecule has 1 aromatic rings. The quantitative estimate of drug-likeness (QED) is 0.746. The molecule has 0 radical (unpaired) electrons. The van der Waals surface area contributed by atoms with E-state index in [1.54, 1.807) is 0 Å². The van der Waals surface area contributed by atoms with Crippen LogP contribution in [0, 0.1) is 5.92 Å². The van der Waals surface area contributed by atoms with E-state index in [0.717, 1.165) is 5.92 Å². The molecule has 0 spiro atoms. The van der Waals surface area contributed by atoms with Crippen LogP contribution in [0.2, 0.25) is 0 Å². The molecule has 1 rings (SSSR count). The van der Waals surface area contributed by atoms with Gasteiger partial charge in [0.05, 0.1) is 0 Å². The van der Waals surface area contributed by atoms with Crippen LogP contribution in [-0.2, 0) is 11.8 Å². The Morgan fingerprint density at radius 2 is 1.93 bits per heavy atom. The first-order valence-corrected chi connectivity index (χ1v) is 5.58. The van der Waals surface area contributed by atoms with E-state index in [4.69, 9.17) is 0 Å². The molecule has 0 amide bonds. The fraction of sp³-hybridized carbons (Fsp3) is 0.692. The predicted octanol–water partition coefficient (Wildman–Crippen LogP) is 4.15. The Morgan fingerprint density at radius 3 is 2.36 bits per heavy atom. The number of aromatic nitrogens is 1. The van der Waals surface area contributed by atoms with Crippen molar-refractivity contribution < 1.29 is 1.43 Å². The number of rotatable bonds is 3. The van der Waals surface area contributed by atoms with E-state index in [0.29, 0.717) is 0 Å². The third-order valence-corrected chi connectivity index (χ3v) is 2.55. The van der Waals surface area contributed by atoms with E-state index in [2.05, 4.69) is 51.7 Å². The zero-order valence-corrected chi connectivity index (χ0v) is 10.1. The van der Waals surface area contributed by atoms with Crippen LogP contribution in [0.3, 0.4) is 0 Å². The van der Waals surface area contributed by atoms with Crippen LogP contribution < -0.4 is 0 Å². The molecule has 0 bridgehead atoms. The zero-order valence-electron chi connectivity index (χ0n) is 10.1. The molecule has 0 fully saturated rings. The molecule has 14 heavy (non-hydrogen) atoms. The molecule has 0 unspecified atom stereocenters. The molecule has 0 aliphatic heterocycles. The van der Waals surface area contributed by atoms with Gasteiger partial charge in [-0.1, -0.05) is 34.6 Å². The number of aromatic amines is 1. The van der Waals surface area contributed by atoms with Crippen molar-refractivity contribution in [1.29, 1.82) is 0 Å². The van der Waals surface area contributed by atoms with Crippen LogP contribution in [-0.4, -0.2) is 4.98 Å². The molecule has 1 heteroatoms. The summed E-state index contributed by atoms with van der Waals surface area (Å²) in [7, 11) is 0. The van der Waals surface area contributed by atoms with Crippen molar-refractivity contribution in [3.8, 4) is 0 Å². The Morgan fingerprint density at radius 1 is 1.29 bits per heavy atom. The van der Waals surface area contributed by atoms with Crippen molar-refractivity contribution in [2.45, 2.75) is 52.9 Å². The predicted molar refractivity (Wildman–Crippen MR) is 64.8 cm³/mol. The second-order valence-corrected chi connectivity index (χ2v) is 5.58. The Bertz CT molecular complexity index is 281. The van der Waals surface area contributed by atoms with E-state index in [1.165, 1.54) is 24.2 Å². The summed E-state index contributed by atoms with van der Waals surface area (Å²) >= 11 is 0. The summed E-state index contributed by atoms with van der Waals surface area (Å²) in [4.78, 5) is 3.51. The second kappa shape index (κ2) is 4.20. The highest BCUT2D eigenvalue weighted by Gasteiger charge is 2.15. The van der Waals surface area contributed by atoms with Crippen LogP contribution in [0.1, 0.15) is 53.9 Å². The maximum absolute atomic E-state index is 3.51. The molecule has 82 valence electrons. The maximum Gasteiger partial charge on any atom is 0.0203 e. The number of hydrogen-bond acceptors (Lipinski definition) is 0. The van der Waals surface area contributed by atoms with Crippen LogP contribution >= 0.6 is 0 Å². The van der Waals surface area contributed by atoms with Crippen LogP contribution in [0.4, 0.5) is 0 Å². The molecule has 0 saturated carbocycles. The molecule has 1 heterocycles. The Kier molecular flexibility index (Phi) is 3.41. The first kappa shape index (κ1) is 11.4. The Hall–Kier alpha value is -0.720. The average Bonchev–Trinajstić information content (AvgIpc) is 2.47. The fourth-order valence-corrected chi connectivity index (χ4v) is 1.47. The highest BCUT2D eigenvalue weighted by atomic mass is 14.7. The second-order valence-electron chi connectivity index (χ2n) is 5.58. The van der Waals surface area contributed by atoms with Crippen molar-refractivity contribution in [3.05, 3.63) is 23.5 Å². The lowest BCUT2D eigenvalue weighted by Crippen LogP contribution is -2.11. The van der Waals surface area contributed by atoms with Crippen LogP contribution in [0.25, 0.3) is 0 Å². The molecule has 0 aliphatic rings. The summed E-state index contributed by atoms with van der Waals surface area (Å²) in [5, 5.41) is 0. The third-order valence-electron chi connectivity index (χ3n) is 2.55. The minimum absolute atomic E-state index is 0. The van der Waals surface area contributed by atoms with Gasteiger partial charge in [-0.05, 0) is 30.9 Å². The highest BCUT2D eigenvalue weighted by molar-refractivity contribution is 5.19. The van der Waals surface area contributed by atoms with Crippen LogP contribution in [0.15, 0.2) is 12.1 Å². The fourth-order valence-electron chi connectivity index (χ4n) is 1.47. The van der Waals surface area contributed by atoms with Crippen molar-refractivity contribution in [3.63, 3.8) is 0 Å². The van der Waals surface area contributed by atoms with Gasteiger partial charge in [-0.2, -0.15) is 0 Å². The van der Waals surface area contributed by atoms with E-state index < -0.39 is 0 Å². The molecular weight excluding hydrogens is 170 g/mol. The topological polar surface area (TPSA) is 15.8 Å². The number of hydrogen-bond donors (Lipinski definition) is 1. The highest BCUT2D eigenvalue weighted by Crippen LogP contribution is 2.21. The normalized spacial score (nSPS) is 12.4. The van der Waals surface area contributed by atoms with Gasteiger partial charge in [-0.25, -0.2) is 0 Å². The smallest absolute Gasteiger partial charge is 0.0203 e. The number of nitrogens with one attached hydrogen (secondary N) is 1. The summed E-state index contributed by atoms with van der Waals surface area (Å²) in [6, 6.07) is 4.44. The van der Waals surface area contributed by atoms with Gasteiger partial charge < -0.3 is 4.98 Å². The monoisotopic (exact) mass is 195 g/mol. The van der Waals surface area contributed by atoms with E-state index >= 15 is 0 Å². The molecule has 0 saturated heterocycles. The minimum Gasteiger partial charge on any atom is -0.362 e. The van der Waals surface area contributed by atoms with E-state index in [9.17, 15) is 0 Å². The lowest BCUT2D eigenvalue weighted by Gasteiger charge is -2.16. The summed E-state index contributed by atoms with van der Waals surface area (Å²) in [5.74, 6) is 0.788. The maximum atomic E-state index is 3.51. The average molecular weight is 195 g/mol. The SMILES string of the molecule is CC(C)CCc1ccc(C(C)(C)C)[nH]1.[HH]. The van der Waals surface area contributed by atoms with Crippen molar-refractivity contribution in [1.82, 2.24) is 4.98 Å². The van der Waals surface area contributed by atoms with Crippen molar-refractivity contribution in [2.24, 2.45) is 5.92 Å². The summed E-state index contributed by atoms with van der Waals surface area (Å²) < 4.78 is 0. The van der Waals surface area contributed by atoms with Gasteiger partial charge in [-0.15, -0.1) is 0 Å². The van der Waals surface area contributed by atoms with Gasteiger partial charge in [0.25, 0.3) is 0 Å². The molecular formula is C13H25N. The van der Waals surface area contributed by atoms with Gasteiger partial charge in [0.15, 0.2) is 0 Å². The minimum atomic E-state index is 0. The Balaban J connectivity index is 0.00000196.